The summed E-state index contributed by atoms with van der Waals surface area (Å²) in [6.07, 6.45) is 107. The van der Waals surface area contributed by atoms with Crippen molar-refractivity contribution >= 4 is 11.9 Å². The Hall–Kier alpha value is -3.18. The molecule has 85 heavy (non-hydrogen) atoms. The lowest BCUT2D eigenvalue weighted by atomic mass is 10.0. The van der Waals surface area contributed by atoms with Crippen LogP contribution in [-0.4, -0.2) is 36.4 Å². The Kier molecular flexibility index (Phi) is 72.3. The third-order valence-electron chi connectivity index (χ3n) is 16.6. The molecule has 0 aliphatic carbocycles. The lowest BCUT2D eigenvalue weighted by Gasteiger charge is -2.15. The third-order valence-corrected chi connectivity index (χ3v) is 16.6. The van der Waals surface area contributed by atoms with Crippen LogP contribution in [0.1, 0.15) is 380 Å². The van der Waals surface area contributed by atoms with Crippen LogP contribution in [0.5, 0.6) is 0 Å². The number of carbonyl (C=O) groups is 2. The molecule has 0 bridgehead atoms. The highest BCUT2D eigenvalue weighted by Gasteiger charge is 2.16. The molecular formula is C80H142O5. The van der Waals surface area contributed by atoms with E-state index in [9.17, 15) is 14.7 Å². The van der Waals surface area contributed by atoms with Crippen LogP contribution in [0.4, 0.5) is 0 Å². The summed E-state index contributed by atoms with van der Waals surface area (Å²) in [5.41, 5.74) is 0. The number of hydrogen-bond donors (Lipinski definition) is 1. The van der Waals surface area contributed by atoms with E-state index in [0.717, 1.165) is 89.9 Å². The van der Waals surface area contributed by atoms with Gasteiger partial charge in [-0.15, -0.1) is 0 Å². The zero-order chi connectivity index (χ0) is 61.2. The Morgan fingerprint density at radius 2 is 0.506 bits per heavy atom. The molecule has 5 nitrogen and oxygen atoms in total. The lowest BCUT2D eigenvalue weighted by molar-refractivity contribution is -0.161. The number of allylic oxidation sites excluding steroid dienone is 16. The summed E-state index contributed by atoms with van der Waals surface area (Å²) in [4.78, 5) is 24.7. The molecule has 1 N–H and O–H groups in total. The number of hydrogen-bond acceptors (Lipinski definition) is 5. The molecule has 0 heterocycles. The second-order valence-corrected chi connectivity index (χ2v) is 25.0. The van der Waals surface area contributed by atoms with Gasteiger partial charge in [-0.3, -0.25) is 9.59 Å². The first-order chi connectivity index (χ1) is 42.1. The molecule has 0 aromatic heterocycles. The normalized spacial score (nSPS) is 12.7. The van der Waals surface area contributed by atoms with Crippen molar-refractivity contribution in [3.8, 4) is 0 Å². The highest BCUT2D eigenvalue weighted by Crippen LogP contribution is 2.19. The van der Waals surface area contributed by atoms with Gasteiger partial charge in [-0.25, -0.2) is 0 Å². The molecular weight excluding hydrogens is 1040 g/mol. The van der Waals surface area contributed by atoms with Crippen molar-refractivity contribution in [2.75, 3.05) is 13.2 Å². The maximum Gasteiger partial charge on any atom is 0.306 e. The molecule has 1 atom stereocenters. The fraction of sp³-hybridized carbons (Fsp3) is 0.775. The van der Waals surface area contributed by atoms with Crippen molar-refractivity contribution < 1.29 is 24.2 Å². The fourth-order valence-electron chi connectivity index (χ4n) is 11.1. The summed E-state index contributed by atoms with van der Waals surface area (Å²) < 4.78 is 10.8. The summed E-state index contributed by atoms with van der Waals surface area (Å²) in [7, 11) is 0. The standard InChI is InChI=1S/C80H142O5/c1-3-5-7-9-11-13-15-17-19-21-23-25-27-29-31-33-35-36-37-38-39-40-41-42-43-44-45-47-49-51-53-55-57-59-61-63-65-67-69-71-73-75-80(83)85-78(76-81)77-84-79(82)74-72-70-68-66-64-62-60-58-56-54-52-50-48-46-34-32-30-28-26-24-22-20-18-16-14-12-10-8-6-4-2/h5,7,11,13,17,19,23,25,29,31,35-36,38-39,41-42,78,81H,3-4,6,8-10,12,14-16,18,20-22,24,26-28,30,32-34,37,40,43-77H2,1-2H3/b7-5-,13-11-,19-17-,25-23-,31-29-,36-35-,39-38-,42-41-. The van der Waals surface area contributed by atoms with Crippen molar-refractivity contribution in [3.05, 3.63) is 97.2 Å². The molecule has 0 fully saturated rings. The van der Waals surface area contributed by atoms with Gasteiger partial charge in [-0.1, -0.05) is 387 Å². The molecule has 0 saturated heterocycles. The molecule has 1 unspecified atom stereocenters. The van der Waals surface area contributed by atoms with E-state index in [4.69, 9.17) is 9.47 Å². The number of esters is 2. The second-order valence-electron chi connectivity index (χ2n) is 25.0. The lowest BCUT2D eigenvalue weighted by Crippen LogP contribution is -2.28. The topological polar surface area (TPSA) is 72.8 Å². The number of ether oxygens (including phenoxy) is 2. The van der Waals surface area contributed by atoms with Crippen LogP contribution in [0.15, 0.2) is 97.2 Å². The van der Waals surface area contributed by atoms with Gasteiger partial charge >= 0.3 is 11.9 Å². The van der Waals surface area contributed by atoms with Gasteiger partial charge in [0, 0.05) is 12.8 Å². The van der Waals surface area contributed by atoms with E-state index in [0.29, 0.717) is 12.8 Å². The van der Waals surface area contributed by atoms with Crippen molar-refractivity contribution in [2.45, 2.75) is 386 Å². The van der Waals surface area contributed by atoms with Gasteiger partial charge in [-0.2, -0.15) is 0 Å². The average molecular weight is 1180 g/mol. The van der Waals surface area contributed by atoms with Crippen LogP contribution >= 0.6 is 0 Å². The van der Waals surface area contributed by atoms with Gasteiger partial charge in [-0.05, 0) is 77.0 Å². The minimum atomic E-state index is -0.775. The largest absolute Gasteiger partial charge is 0.462 e. The van der Waals surface area contributed by atoms with Gasteiger partial charge in [0.25, 0.3) is 0 Å². The summed E-state index contributed by atoms with van der Waals surface area (Å²) in [6.45, 7) is 4.08. The summed E-state index contributed by atoms with van der Waals surface area (Å²) in [5.74, 6) is -0.572. The van der Waals surface area contributed by atoms with E-state index < -0.39 is 6.10 Å². The molecule has 0 aliphatic heterocycles. The van der Waals surface area contributed by atoms with Crippen molar-refractivity contribution in [1.29, 1.82) is 0 Å². The van der Waals surface area contributed by atoms with E-state index in [-0.39, 0.29) is 25.2 Å². The van der Waals surface area contributed by atoms with Crippen LogP contribution in [0.2, 0.25) is 0 Å². The highest BCUT2D eigenvalue weighted by atomic mass is 16.6. The van der Waals surface area contributed by atoms with Crippen LogP contribution in [0.3, 0.4) is 0 Å². The van der Waals surface area contributed by atoms with E-state index in [1.807, 2.05) is 0 Å². The van der Waals surface area contributed by atoms with Gasteiger partial charge < -0.3 is 14.6 Å². The third kappa shape index (κ3) is 73.2. The maximum atomic E-state index is 12.4. The Balaban J connectivity index is 3.44. The van der Waals surface area contributed by atoms with Crippen molar-refractivity contribution in [1.82, 2.24) is 0 Å². The molecule has 0 saturated carbocycles. The minimum absolute atomic E-state index is 0.0630. The number of unbranched alkanes of at least 4 members (excludes halogenated alkanes) is 45. The second kappa shape index (κ2) is 75.1. The molecule has 0 aromatic rings. The Morgan fingerprint density at radius 1 is 0.282 bits per heavy atom. The van der Waals surface area contributed by atoms with Crippen molar-refractivity contribution in [3.63, 3.8) is 0 Å². The predicted octanol–water partition coefficient (Wildman–Crippen LogP) is 26.2. The Bertz CT molecular complexity index is 1580. The Morgan fingerprint density at radius 3 is 0.765 bits per heavy atom. The molecule has 5 heteroatoms. The van der Waals surface area contributed by atoms with Gasteiger partial charge in [0.1, 0.15) is 6.61 Å². The zero-order valence-corrected chi connectivity index (χ0v) is 56.6. The molecule has 0 radical (unpaired) electrons. The first kappa shape index (κ1) is 81.8. The van der Waals surface area contributed by atoms with Crippen molar-refractivity contribution in [2.24, 2.45) is 0 Å². The number of aliphatic hydroxyl groups excluding tert-OH is 1. The maximum absolute atomic E-state index is 12.4. The van der Waals surface area contributed by atoms with E-state index in [2.05, 4.69) is 111 Å². The van der Waals surface area contributed by atoms with Gasteiger partial charge in [0.2, 0.25) is 0 Å². The SMILES string of the molecule is CC/C=C\C/C=C\C/C=C\C/C=C\C/C=C\C/C=C\C/C=C\C/C=C\CCCCCCCCCCCCCCCCCCC(=O)OC(CO)COC(=O)CCCCCCCCCCCCCCCCCCCCCCCCCCCCCCCC. The number of carbonyl (C=O) groups excluding carboxylic acids is 2. The summed E-state index contributed by atoms with van der Waals surface area (Å²) >= 11 is 0. The van der Waals surface area contributed by atoms with Gasteiger partial charge in [0.05, 0.1) is 6.61 Å². The van der Waals surface area contributed by atoms with E-state index in [1.54, 1.807) is 0 Å². The van der Waals surface area contributed by atoms with E-state index in [1.165, 1.54) is 263 Å². The van der Waals surface area contributed by atoms with Crippen LogP contribution in [0, 0.1) is 0 Å². The fourth-order valence-corrected chi connectivity index (χ4v) is 11.1. The minimum Gasteiger partial charge on any atom is -0.462 e. The summed E-state index contributed by atoms with van der Waals surface area (Å²) in [5, 5.41) is 9.72. The van der Waals surface area contributed by atoms with Crippen LogP contribution in [0.25, 0.3) is 0 Å². The number of rotatable bonds is 69. The molecule has 0 aromatic carbocycles. The predicted molar refractivity (Wildman–Crippen MR) is 376 cm³/mol. The molecule has 492 valence electrons. The molecule has 0 amide bonds. The van der Waals surface area contributed by atoms with Gasteiger partial charge in [0.15, 0.2) is 6.10 Å². The summed E-state index contributed by atoms with van der Waals surface area (Å²) in [6, 6.07) is 0. The Labute approximate surface area is 529 Å². The monoisotopic (exact) mass is 1180 g/mol. The zero-order valence-electron chi connectivity index (χ0n) is 56.6. The molecule has 0 spiro atoms. The molecule has 0 rings (SSSR count). The number of aliphatic hydroxyl groups is 1. The van der Waals surface area contributed by atoms with Crippen LogP contribution < -0.4 is 0 Å². The highest BCUT2D eigenvalue weighted by molar-refractivity contribution is 5.70. The average Bonchev–Trinajstić information content (AvgIpc) is 3.52. The smallest absolute Gasteiger partial charge is 0.306 e. The quantitative estimate of drug-likeness (QED) is 0.0373. The first-order valence-electron chi connectivity index (χ1n) is 37.3. The van der Waals surface area contributed by atoms with Crippen LogP contribution in [-0.2, 0) is 19.1 Å². The van der Waals surface area contributed by atoms with E-state index >= 15 is 0 Å². The first-order valence-corrected chi connectivity index (χ1v) is 37.3. The molecule has 0 aliphatic rings.